The second kappa shape index (κ2) is 16.8. The van der Waals surface area contributed by atoms with E-state index in [1.54, 1.807) is 11.3 Å². The first-order valence-electron chi connectivity index (χ1n) is 12.0. The minimum absolute atomic E-state index is 0.237. The molecule has 0 aromatic carbocycles. The predicted octanol–water partition coefficient (Wildman–Crippen LogP) is 3.22. The largest absolute Gasteiger partial charge is 0.490 e. The van der Waals surface area contributed by atoms with Crippen molar-refractivity contribution in [2.45, 2.75) is 82.6 Å². The molecule has 0 spiro atoms. The Hall–Kier alpha value is -2.87. The standard InChI is InChI=1S/C21H34N4O4S.C2HF3O2/c22-11-5-4-10-17(20(27)28)24-21(29)25-18(13-15-7-2-1-3-8-15)19(26)23-14-16-9-6-12-30-16;3-2(4,5)1(6)7/h6,9,12,15,17-18H,1-5,7-8,10-11,13-14,22H2,(H,23,26)(H,27,28)(H2,24,25,29);(H,6,7)/t17-,18+;/m0./s1. The Labute approximate surface area is 217 Å². The number of carboxylic acid groups (broad SMARTS) is 2. The van der Waals surface area contributed by atoms with Crippen LogP contribution in [0.25, 0.3) is 0 Å². The average Bonchev–Trinajstić information content (AvgIpc) is 3.36. The maximum absolute atomic E-state index is 12.8. The van der Waals surface area contributed by atoms with Gasteiger partial charge in [-0.15, -0.1) is 11.3 Å². The van der Waals surface area contributed by atoms with E-state index in [2.05, 4.69) is 16.0 Å². The lowest BCUT2D eigenvalue weighted by Crippen LogP contribution is -2.53. The van der Waals surface area contributed by atoms with Gasteiger partial charge in [0.05, 0.1) is 6.54 Å². The van der Waals surface area contributed by atoms with E-state index in [0.717, 1.165) is 30.6 Å². The molecule has 10 nitrogen and oxygen atoms in total. The van der Waals surface area contributed by atoms with Gasteiger partial charge in [0.1, 0.15) is 12.1 Å². The molecule has 1 saturated carbocycles. The Kier molecular flexibility index (Phi) is 14.6. The second-order valence-corrected chi connectivity index (χ2v) is 9.72. The molecule has 0 bridgehead atoms. The van der Waals surface area contributed by atoms with Crippen molar-refractivity contribution < 1.29 is 42.6 Å². The second-order valence-electron chi connectivity index (χ2n) is 8.69. The van der Waals surface area contributed by atoms with Crippen molar-refractivity contribution >= 4 is 35.2 Å². The summed E-state index contributed by atoms with van der Waals surface area (Å²) in [6.45, 7) is 0.893. The highest BCUT2D eigenvalue weighted by atomic mass is 32.1. The van der Waals surface area contributed by atoms with Crippen LogP contribution in [0.3, 0.4) is 0 Å². The van der Waals surface area contributed by atoms with Crippen LogP contribution in [0.4, 0.5) is 18.0 Å². The van der Waals surface area contributed by atoms with Crippen molar-refractivity contribution in [2.75, 3.05) is 6.54 Å². The molecule has 14 heteroatoms. The number of alkyl halides is 3. The number of rotatable bonds is 12. The summed E-state index contributed by atoms with van der Waals surface area (Å²) in [6.07, 6.45) is 2.69. The van der Waals surface area contributed by atoms with Crippen molar-refractivity contribution in [1.29, 1.82) is 0 Å². The summed E-state index contributed by atoms with van der Waals surface area (Å²) < 4.78 is 31.7. The van der Waals surface area contributed by atoms with E-state index in [0.29, 0.717) is 44.7 Å². The van der Waals surface area contributed by atoms with E-state index in [1.165, 1.54) is 6.42 Å². The Morgan fingerprint density at radius 3 is 2.19 bits per heavy atom. The number of carbonyl (C=O) groups is 4. The van der Waals surface area contributed by atoms with Crippen molar-refractivity contribution in [3.63, 3.8) is 0 Å². The Morgan fingerprint density at radius 2 is 1.68 bits per heavy atom. The summed E-state index contributed by atoms with van der Waals surface area (Å²) in [7, 11) is 0. The maximum atomic E-state index is 12.8. The Balaban J connectivity index is 0.000000856. The molecule has 0 saturated heterocycles. The van der Waals surface area contributed by atoms with Gasteiger partial charge < -0.3 is 31.9 Å². The summed E-state index contributed by atoms with van der Waals surface area (Å²) in [5.74, 6) is -3.70. The zero-order valence-corrected chi connectivity index (χ0v) is 21.2. The zero-order valence-electron chi connectivity index (χ0n) is 20.4. The van der Waals surface area contributed by atoms with Crippen LogP contribution >= 0.6 is 11.3 Å². The van der Waals surface area contributed by atoms with Crippen LogP contribution in [-0.2, 0) is 20.9 Å². The Morgan fingerprint density at radius 1 is 1.05 bits per heavy atom. The molecule has 7 N–H and O–H groups in total. The van der Waals surface area contributed by atoms with E-state index < -0.39 is 36.2 Å². The predicted molar refractivity (Wildman–Crippen MR) is 131 cm³/mol. The van der Waals surface area contributed by atoms with Crippen LogP contribution in [-0.4, -0.2) is 58.9 Å². The van der Waals surface area contributed by atoms with Gasteiger partial charge in [0.15, 0.2) is 0 Å². The highest BCUT2D eigenvalue weighted by Gasteiger charge is 2.38. The first kappa shape index (κ1) is 32.2. The number of hydrogen-bond donors (Lipinski definition) is 6. The molecule has 1 fully saturated rings. The summed E-state index contributed by atoms with van der Waals surface area (Å²) in [4.78, 5) is 46.7. The minimum Gasteiger partial charge on any atom is -0.480 e. The number of nitrogens with two attached hydrogens (primary N) is 1. The summed E-state index contributed by atoms with van der Waals surface area (Å²) in [5, 5.41) is 26.6. The average molecular weight is 553 g/mol. The van der Waals surface area contributed by atoms with E-state index in [4.69, 9.17) is 15.6 Å². The molecule has 2 rings (SSSR count). The van der Waals surface area contributed by atoms with Gasteiger partial charge in [-0.05, 0) is 49.6 Å². The lowest BCUT2D eigenvalue weighted by molar-refractivity contribution is -0.192. The molecule has 1 heterocycles. The van der Waals surface area contributed by atoms with Crippen molar-refractivity contribution in [2.24, 2.45) is 11.7 Å². The summed E-state index contributed by atoms with van der Waals surface area (Å²) >= 11 is 1.56. The fourth-order valence-electron chi connectivity index (χ4n) is 3.81. The number of unbranched alkanes of at least 4 members (excludes halogenated alkanes) is 1. The highest BCUT2D eigenvalue weighted by molar-refractivity contribution is 7.09. The van der Waals surface area contributed by atoms with Gasteiger partial charge in [-0.3, -0.25) is 4.79 Å². The number of nitrogens with one attached hydrogen (secondary N) is 3. The molecule has 210 valence electrons. The van der Waals surface area contributed by atoms with Crippen molar-refractivity contribution in [3.05, 3.63) is 22.4 Å². The third-order valence-corrected chi connectivity index (χ3v) is 6.60. The Bertz CT molecular complexity index is 848. The first-order valence-corrected chi connectivity index (χ1v) is 12.9. The third kappa shape index (κ3) is 13.9. The van der Waals surface area contributed by atoms with E-state index in [1.807, 2.05) is 17.5 Å². The van der Waals surface area contributed by atoms with Crippen molar-refractivity contribution in [3.8, 4) is 0 Å². The molecule has 1 aliphatic rings. The molecule has 0 aliphatic heterocycles. The van der Waals surface area contributed by atoms with Crippen LogP contribution in [0.2, 0.25) is 0 Å². The fourth-order valence-corrected chi connectivity index (χ4v) is 4.45. The van der Waals surface area contributed by atoms with Gasteiger partial charge in [0, 0.05) is 4.88 Å². The molecule has 0 unspecified atom stereocenters. The van der Waals surface area contributed by atoms with Gasteiger partial charge in [-0.1, -0.05) is 38.2 Å². The van der Waals surface area contributed by atoms with Gasteiger partial charge in [-0.2, -0.15) is 13.2 Å². The molecule has 0 radical (unpaired) electrons. The molecule has 2 atom stereocenters. The van der Waals surface area contributed by atoms with Crippen LogP contribution in [0.5, 0.6) is 0 Å². The normalized spacial score (nSPS) is 15.5. The van der Waals surface area contributed by atoms with Crippen LogP contribution in [0, 0.1) is 5.92 Å². The van der Waals surface area contributed by atoms with Gasteiger partial charge in [0.25, 0.3) is 0 Å². The van der Waals surface area contributed by atoms with Gasteiger partial charge in [-0.25, -0.2) is 14.4 Å². The number of urea groups is 1. The van der Waals surface area contributed by atoms with Crippen molar-refractivity contribution in [1.82, 2.24) is 16.0 Å². The number of hydrogen-bond acceptors (Lipinski definition) is 6. The quantitative estimate of drug-likeness (QED) is 0.216. The highest BCUT2D eigenvalue weighted by Crippen LogP contribution is 2.27. The SMILES string of the molecule is NCCCC[C@H](NC(=O)N[C@H](CC1CCCCC1)C(=O)NCc1cccs1)C(=O)O.O=C(O)C(F)(F)F. The third-order valence-electron chi connectivity index (χ3n) is 5.73. The molecule has 1 aromatic heterocycles. The number of amides is 3. The smallest absolute Gasteiger partial charge is 0.480 e. The molecular weight excluding hydrogens is 517 g/mol. The molecular formula is C23H35F3N4O6S. The zero-order chi connectivity index (χ0) is 27.8. The maximum Gasteiger partial charge on any atom is 0.490 e. The fraction of sp³-hybridized carbons (Fsp3) is 0.652. The van der Waals surface area contributed by atoms with Crippen LogP contribution in [0.15, 0.2) is 17.5 Å². The lowest BCUT2D eigenvalue weighted by Gasteiger charge is -2.27. The lowest BCUT2D eigenvalue weighted by atomic mass is 9.84. The number of thiophene rings is 1. The summed E-state index contributed by atoms with van der Waals surface area (Å²) in [6, 6.07) is 1.56. The van der Waals surface area contributed by atoms with Crippen LogP contribution in [0.1, 0.15) is 62.7 Å². The summed E-state index contributed by atoms with van der Waals surface area (Å²) in [5.41, 5.74) is 5.45. The number of carbonyl (C=O) groups excluding carboxylic acids is 2. The number of carboxylic acids is 2. The van der Waals surface area contributed by atoms with Gasteiger partial charge in [0.2, 0.25) is 5.91 Å². The topological polar surface area (TPSA) is 171 Å². The minimum atomic E-state index is -5.08. The van der Waals surface area contributed by atoms with E-state index >= 15 is 0 Å². The van der Waals surface area contributed by atoms with E-state index in [-0.39, 0.29) is 5.91 Å². The number of aliphatic carboxylic acids is 2. The van der Waals surface area contributed by atoms with Crippen LogP contribution < -0.4 is 21.7 Å². The number of halogens is 3. The molecule has 1 aromatic rings. The van der Waals surface area contributed by atoms with Gasteiger partial charge >= 0.3 is 24.1 Å². The molecule has 3 amide bonds. The molecule has 1 aliphatic carbocycles. The monoisotopic (exact) mass is 552 g/mol. The molecule has 37 heavy (non-hydrogen) atoms. The van der Waals surface area contributed by atoms with E-state index in [9.17, 15) is 32.7 Å². The first-order chi connectivity index (χ1) is 17.4.